The summed E-state index contributed by atoms with van der Waals surface area (Å²) in [6, 6.07) is 15.5. The molecule has 2 aromatic carbocycles. The predicted octanol–water partition coefficient (Wildman–Crippen LogP) is 1.31. The number of nitrogens with one attached hydrogen (secondary N) is 1. The SMILES string of the molecule is OC[C@@H]1O[C@H](n2cc(CNc3c4ccccc4nc4c3oc3ccccc34)nn2)[C@@H](O)[C@H](O)[C@H]1O. The van der Waals surface area contributed by atoms with Gasteiger partial charge >= 0.3 is 0 Å². The van der Waals surface area contributed by atoms with E-state index in [4.69, 9.17) is 14.1 Å². The van der Waals surface area contributed by atoms with Crippen molar-refractivity contribution in [1.29, 1.82) is 0 Å². The van der Waals surface area contributed by atoms with Crippen molar-refractivity contribution in [3.63, 3.8) is 0 Å². The number of benzene rings is 2. The molecule has 1 aliphatic rings. The number of hydrogen-bond donors (Lipinski definition) is 5. The van der Waals surface area contributed by atoms with Gasteiger partial charge in [-0.1, -0.05) is 35.5 Å². The lowest BCUT2D eigenvalue weighted by Gasteiger charge is -2.39. The predicted molar refractivity (Wildman–Crippen MR) is 125 cm³/mol. The van der Waals surface area contributed by atoms with Gasteiger partial charge in [0.05, 0.1) is 30.6 Å². The fourth-order valence-corrected chi connectivity index (χ4v) is 4.51. The highest BCUT2D eigenvalue weighted by molar-refractivity contribution is 6.13. The van der Waals surface area contributed by atoms with E-state index < -0.39 is 37.3 Å². The van der Waals surface area contributed by atoms with Crippen LogP contribution in [0.5, 0.6) is 0 Å². The first-order valence-corrected chi connectivity index (χ1v) is 11.2. The summed E-state index contributed by atoms with van der Waals surface area (Å²) in [6.07, 6.45) is -4.97. The van der Waals surface area contributed by atoms with Crippen LogP contribution in [-0.4, -0.2) is 71.4 Å². The summed E-state index contributed by atoms with van der Waals surface area (Å²) in [5.74, 6) is 0. The average Bonchev–Trinajstić information content (AvgIpc) is 3.50. The molecular weight excluding hydrogens is 454 g/mol. The lowest BCUT2D eigenvalue weighted by atomic mass is 9.98. The maximum absolute atomic E-state index is 10.4. The summed E-state index contributed by atoms with van der Waals surface area (Å²) in [6.45, 7) is -0.245. The van der Waals surface area contributed by atoms with E-state index in [1.54, 1.807) is 6.20 Å². The zero-order chi connectivity index (χ0) is 24.1. The highest BCUT2D eigenvalue weighted by Crippen LogP contribution is 2.37. The number of furan rings is 1. The summed E-state index contributed by atoms with van der Waals surface area (Å²) >= 11 is 0. The Morgan fingerprint density at radius 1 is 0.943 bits per heavy atom. The lowest BCUT2D eigenvalue weighted by Crippen LogP contribution is -2.56. The van der Waals surface area contributed by atoms with Crippen LogP contribution in [0.25, 0.3) is 33.0 Å². The molecular formula is C24H23N5O6. The number of ether oxygens (including phenoxy) is 1. The molecule has 0 saturated carbocycles. The second-order valence-corrected chi connectivity index (χ2v) is 8.54. The smallest absolute Gasteiger partial charge is 0.180 e. The van der Waals surface area contributed by atoms with Crippen molar-refractivity contribution in [2.24, 2.45) is 0 Å². The fraction of sp³-hybridized carbons (Fsp3) is 0.292. The summed E-state index contributed by atoms with van der Waals surface area (Å²) in [7, 11) is 0. The van der Waals surface area contributed by atoms with Crippen molar-refractivity contribution in [1.82, 2.24) is 20.0 Å². The van der Waals surface area contributed by atoms with Crippen molar-refractivity contribution < 1.29 is 29.6 Å². The van der Waals surface area contributed by atoms with Crippen LogP contribution in [0.15, 0.2) is 59.1 Å². The number of aliphatic hydroxyl groups excluding tert-OH is 4. The number of hydrogen-bond acceptors (Lipinski definition) is 10. The Bertz CT molecular complexity index is 1510. The van der Waals surface area contributed by atoms with E-state index in [2.05, 4.69) is 15.6 Å². The first-order chi connectivity index (χ1) is 17.0. The number of pyridine rings is 1. The highest BCUT2D eigenvalue weighted by atomic mass is 16.6. The molecule has 3 aromatic heterocycles. The normalized spacial score (nSPS) is 25.0. The van der Waals surface area contributed by atoms with Crippen LogP contribution in [-0.2, 0) is 11.3 Å². The molecule has 1 fully saturated rings. The van der Waals surface area contributed by atoms with Crippen LogP contribution in [0.1, 0.15) is 11.9 Å². The number of nitrogens with zero attached hydrogens (tertiary/aromatic N) is 4. The Morgan fingerprint density at radius 2 is 1.71 bits per heavy atom. The van der Waals surface area contributed by atoms with Gasteiger partial charge < -0.3 is 34.9 Å². The third kappa shape index (κ3) is 3.61. The Balaban J connectivity index is 1.32. The molecule has 5 N–H and O–H groups in total. The van der Waals surface area contributed by atoms with Gasteiger partial charge in [0.1, 0.15) is 41.2 Å². The summed E-state index contributed by atoms with van der Waals surface area (Å²) in [5, 5.41) is 53.2. The van der Waals surface area contributed by atoms with E-state index in [-0.39, 0.29) is 6.54 Å². The Morgan fingerprint density at radius 3 is 2.54 bits per heavy atom. The van der Waals surface area contributed by atoms with Gasteiger partial charge in [0.15, 0.2) is 11.8 Å². The van der Waals surface area contributed by atoms with Crippen molar-refractivity contribution in [2.75, 3.05) is 11.9 Å². The van der Waals surface area contributed by atoms with Crippen LogP contribution < -0.4 is 5.32 Å². The molecule has 1 saturated heterocycles. The minimum Gasteiger partial charge on any atom is -0.452 e. The monoisotopic (exact) mass is 477 g/mol. The van der Waals surface area contributed by atoms with Crippen molar-refractivity contribution in [2.45, 2.75) is 37.2 Å². The van der Waals surface area contributed by atoms with E-state index >= 15 is 0 Å². The summed E-state index contributed by atoms with van der Waals surface area (Å²) in [4.78, 5) is 4.81. The Labute approximate surface area is 198 Å². The van der Waals surface area contributed by atoms with E-state index in [0.717, 1.165) is 33.1 Å². The second kappa shape index (κ2) is 8.56. The van der Waals surface area contributed by atoms with Crippen molar-refractivity contribution >= 4 is 38.7 Å². The van der Waals surface area contributed by atoms with E-state index in [1.807, 2.05) is 48.5 Å². The number of aliphatic hydroxyl groups is 4. The molecule has 180 valence electrons. The van der Waals surface area contributed by atoms with Gasteiger partial charge in [0.2, 0.25) is 0 Å². The number of para-hydroxylation sites is 2. The molecule has 6 rings (SSSR count). The number of anilines is 1. The van der Waals surface area contributed by atoms with Crippen LogP contribution >= 0.6 is 0 Å². The molecule has 1 aliphatic heterocycles. The largest absolute Gasteiger partial charge is 0.452 e. The molecule has 0 amide bonds. The maximum atomic E-state index is 10.4. The molecule has 4 heterocycles. The number of aromatic nitrogens is 4. The zero-order valence-electron chi connectivity index (χ0n) is 18.4. The van der Waals surface area contributed by atoms with Crippen molar-refractivity contribution in [3.8, 4) is 0 Å². The molecule has 0 spiro atoms. The average molecular weight is 477 g/mol. The van der Waals surface area contributed by atoms with Crippen LogP contribution in [0, 0.1) is 0 Å². The molecule has 11 heteroatoms. The minimum atomic E-state index is -1.50. The summed E-state index contributed by atoms with van der Waals surface area (Å²) < 4.78 is 13.0. The maximum Gasteiger partial charge on any atom is 0.180 e. The topological polar surface area (TPSA) is 159 Å². The third-order valence-electron chi connectivity index (χ3n) is 6.33. The lowest BCUT2D eigenvalue weighted by molar-refractivity contribution is -0.254. The molecule has 0 radical (unpaired) electrons. The second-order valence-electron chi connectivity index (χ2n) is 8.54. The first-order valence-electron chi connectivity index (χ1n) is 11.2. The number of fused-ring (bicyclic) bond motifs is 4. The fourth-order valence-electron chi connectivity index (χ4n) is 4.51. The van der Waals surface area contributed by atoms with Crippen molar-refractivity contribution in [3.05, 3.63) is 60.4 Å². The Kier molecular flexibility index (Phi) is 5.35. The third-order valence-corrected chi connectivity index (χ3v) is 6.33. The van der Waals surface area contributed by atoms with E-state index in [0.29, 0.717) is 11.3 Å². The van der Waals surface area contributed by atoms with Gasteiger partial charge in [-0.25, -0.2) is 9.67 Å². The van der Waals surface area contributed by atoms with Gasteiger partial charge in [0.25, 0.3) is 0 Å². The van der Waals surface area contributed by atoms with Gasteiger partial charge in [-0.3, -0.25) is 0 Å². The minimum absolute atomic E-state index is 0.275. The van der Waals surface area contributed by atoms with Gasteiger partial charge in [-0.15, -0.1) is 5.10 Å². The molecule has 5 aromatic rings. The molecule has 0 aliphatic carbocycles. The summed E-state index contributed by atoms with van der Waals surface area (Å²) in [5.41, 5.74) is 4.25. The molecule has 0 unspecified atom stereocenters. The number of rotatable bonds is 5. The highest BCUT2D eigenvalue weighted by Gasteiger charge is 2.44. The molecule has 11 nitrogen and oxygen atoms in total. The van der Waals surface area contributed by atoms with Crippen LogP contribution in [0.4, 0.5) is 5.69 Å². The van der Waals surface area contributed by atoms with Gasteiger partial charge in [-0.05, 0) is 18.2 Å². The molecule has 35 heavy (non-hydrogen) atoms. The standard InChI is InChI=1S/C24H23N5O6/c30-11-17-20(31)21(32)22(33)24(35-17)29-10-12(27-28-29)9-25-18-13-5-1-3-7-15(13)26-19-14-6-2-4-8-16(14)34-23(18)19/h1-8,10,17,20-22,24,30-33H,9,11H2,(H,25,26)/t17-,20-,21+,22-,24-/m0/s1. The van der Waals surface area contributed by atoms with E-state index in [1.165, 1.54) is 4.68 Å². The van der Waals surface area contributed by atoms with Gasteiger partial charge in [-0.2, -0.15) is 0 Å². The first kappa shape index (κ1) is 21.9. The quantitative estimate of drug-likeness (QED) is 0.250. The van der Waals surface area contributed by atoms with Crippen LogP contribution in [0.2, 0.25) is 0 Å². The Hall–Kier alpha value is -3.61. The zero-order valence-corrected chi connectivity index (χ0v) is 18.4. The van der Waals surface area contributed by atoms with E-state index in [9.17, 15) is 20.4 Å². The molecule has 5 atom stereocenters. The van der Waals surface area contributed by atoms with Crippen LogP contribution in [0.3, 0.4) is 0 Å². The molecule has 0 bridgehead atoms. The van der Waals surface area contributed by atoms with Gasteiger partial charge in [0, 0.05) is 10.8 Å².